The predicted molar refractivity (Wildman–Crippen MR) is 139 cm³/mol. The molecule has 1 saturated heterocycles. The molecule has 1 N–H and O–H groups in total. The molecule has 3 aromatic heterocycles. The van der Waals surface area contributed by atoms with Crippen molar-refractivity contribution in [3.8, 4) is 17.5 Å². The van der Waals surface area contributed by atoms with E-state index in [0.29, 0.717) is 44.6 Å². The molecule has 0 saturated carbocycles. The van der Waals surface area contributed by atoms with E-state index in [1.807, 2.05) is 6.07 Å². The van der Waals surface area contributed by atoms with Gasteiger partial charge in [0.1, 0.15) is 5.82 Å². The number of piperazine rings is 1. The maximum Gasteiger partial charge on any atom is 0.230 e. The SMILES string of the molecule is Oc1c([C@@H](c2ccc(Cl)cc2Cl)N2CCN(c3ccc(F)cc3)CC2)sc2nc(-c3ccco3)nn12. The van der Waals surface area contributed by atoms with Crippen LogP contribution in [0.2, 0.25) is 10.0 Å². The van der Waals surface area contributed by atoms with E-state index in [1.165, 1.54) is 28.0 Å². The van der Waals surface area contributed by atoms with Gasteiger partial charge in [-0.05, 0) is 54.1 Å². The number of furan rings is 1. The summed E-state index contributed by atoms with van der Waals surface area (Å²) in [4.78, 5) is 10.3. The largest absolute Gasteiger partial charge is 0.492 e. The van der Waals surface area contributed by atoms with Crippen LogP contribution in [-0.4, -0.2) is 50.8 Å². The summed E-state index contributed by atoms with van der Waals surface area (Å²) in [6.07, 6.45) is 1.56. The molecule has 11 heteroatoms. The Bertz CT molecular complexity index is 1510. The van der Waals surface area contributed by atoms with Crippen molar-refractivity contribution < 1.29 is 13.9 Å². The second kappa shape index (κ2) is 9.40. The first-order chi connectivity index (χ1) is 17.5. The molecule has 2 aromatic carbocycles. The van der Waals surface area contributed by atoms with Crippen LogP contribution in [0.3, 0.4) is 0 Å². The lowest BCUT2D eigenvalue weighted by Crippen LogP contribution is -2.47. The lowest BCUT2D eigenvalue weighted by atomic mass is 10.0. The fourth-order valence-electron chi connectivity index (χ4n) is 4.56. The molecule has 1 aliphatic heterocycles. The Labute approximate surface area is 219 Å². The quantitative estimate of drug-likeness (QED) is 0.288. The van der Waals surface area contributed by atoms with Gasteiger partial charge >= 0.3 is 0 Å². The number of nitrogens with zero attached hydrogens (tertiary/aromatic N) is 5. The highest BCUT2D eigenvalue weighted by molar-refractivity contribution is 7.17. The van der Waals surface area contributed by atoms with Gasteiger partial charge in [-0.15, -0.1) is 5.10 Å². The summed E-state index contributed by atoms with van der Waals surface area (Å²) in [7, 11) is 0. The number of fused-ring (bicyclic) bond motifs is 1. The van der Waals surface area contributed by atoms with Crippen LogP contribution in [0, 0.1) is 5.82 Å². The van der Waals surface area contributed by atoms with Crippen molar-refractivity contribution in [3.63, 3.8) is 0 Å². The third-order valence-electron chi connectivity index (χ3n) is 6.32. The summed E-state index contributed by atoms with van der Waals surface area (Å²) in [5, 5.41) is 16.8. The van der Waals surface area contributed by atoms with Gasteiger partial charge in [0.2, 0.25) is 16.7 Å². The number of rotatable bonds is 5. The van der Waals surface area contributed by atoms with E-state index in [1.54, 1.807) is 42.7 Å². The molecule has 4 heterocycles. The lowest BCUT2D eigenvalue weighted by molar-refractivity contribution is 0.211. The van der Waals surface area contributed by atoms with E-state index in [0.717, 1.165) is 24.3 Å². The molecule has 0 bridgehead atoms. The van der Waals surface area contributed by atoms with Crippen molar-refractivity contribution in [2.45, 2.75) is 6.04 Å². The van der Waals surface area contributed by atoms with Gasteiger partial charge in [-0.25, -0.2) is 4.39 Å². The second-order valence-electron chi connectivity index (χ2n) is 8.46. The first-order valence-electron chi connectivity index (χ1n) is 11.3. The molecule has 6 rings (SSSR count). The molecule has 0 amide bonds. The minimum absolute atomic E-state index is 0.0114. The van der Waals surface area contributed by atoms with Crippen molar-refractivity contribution >= 4 is 45.2 Å². The Kier molecular flexibility index (Phi) is 6.08. The maximum atomic E-state index is 13.4. The van der Waals surface area contributed by atoms with Crippen LogP contribution in [0.15, 0.2) is 65.3 Å². The van der Waals surface area contributed by atoms with Gasteiger partial charge in [0.15, 0.2) is 5.76 Å². The average molecular weight is 544 g/mol. The van der Waals surface area contributed by atoms with Gasteiger partial charge in [0, 0.05) is 41.9 Å². The standard InChI is InChI=1S/C25H20Cl2FN5O2S/c26-15-3-8-18(19(27)14-15)21(32-11-9-31(10-12-32)17-6-4-16(28)5-7-17)22-24(34)33-25(36-22)29-23(30-33)20-2-1-13-35-20/h1-8,13-14,21,34H,9-12H2/t21-/m1/s1. The third-order valence-corrected chi connectivity index (χ3v) is 7.95. The normalized spacial score (nSPS) is 15.6. The van der Waals surface area contributed by atoms with Gasteiger partial charge in [0.25, 0.3) is 0 Å². The van der Waals surface area contributed by atoms with Crippen LogP contribution < -0.4 is 4.90 Å². The molecular formula is C25H20Cl2FN5O2S. The van der Waals surface area contributed by atoms with Crippen molar-refractivity contribution in [2.75, 3.05) is 31.1 Å². The molecule has 1 atom stereocenters. The number of aromatic nitrogens is 3. The summed E-state index contributed by atoms with van der Waals surface area (Å²) in [6.45, 7) is 2.87. The number of anilines is 1. The molecule has 36 heavy (non-hydrogen) atoms. The molecule has 1 fully saturated rings. The lowest BCUT2D eigenvalue weighted by Gasteiger charge is -2.40. The van der Waals surface area contributed by atoms with E-state index < -0.39 is 0 Å². The monoisotopic (exact) mass is 543 g/mol. The number of aromatic hydroxyl groups is 1. The Morgan fingerprint density at radius 1 is 1.03 bits per heavy atom. The molecule has 0 unspecified atom stereocenters. The fourth-order valence-corrected chi connectivity index (χ4v) is 6.18. The van der Waals surface area contributed by atoms with Gasteiger partial charge < -0.3 is 14.4 Å². The summed E-state index contributed by atoms with van der Waals surface area (Å²) < 4.78 is 20.2. The minimum atomic E-state index is -0.328. The predicted octanol–water partition coefficient (Wildman–Crippen LogP) is 6.11. The van der Waals surface area contributed by atoms with Crippen LogP contribution in [0.5, 0.6) is 5.88 Å². The third kappa shape index (κ3) is 4.22. The van der Waals surface area contributed by atoms with Gasteiger partial charge in [-0.3, -0.25) is 4.90 Å². The number of hydrogen-bond donors (Lipinski definition) is 1. The zero-order valence-corrected chi connectivity index (χ0v) is 21.1. The molecule has 0 aliphatic carbocycles. The van der Waals surface area contributed by atoms with E-state index in [2.05, 4.69) is 19.9 Å². The topological polar surface area (TPSA) is 70.0 Å². The number of halogens is 3. The Morgan fingerprint density at radius 3 is 2.47 bits per heavy atom. The second-order valence-corrected chi connectivity index (χ2v) is 10.3. The molecule has 7 nitrogen and oxygen atoms in total. The minimum Gasteiger partial charge on any atom is -0.492 e. The van der Waals surface area contributed by atoms with Crippen molar-refractivity contribution in [3.05, 3.63) is 87.2 Å². The average Bonchev–Trinajstić information content (AvgIpc) is 3.61. The van der Waals surface area contributed by atoms with Gasteiger partial charge in [-0.1, -0.05) is 40.6 Å². The Hall–Kier alpha value is -3.11. The van der Waals surface area contributed by atoms with E-state index >= 15 is 0 Å². The summed E-state index contributed by atoms with van der Waals surface area (Å²) in [5.41, 5.74) is 1.81. The van der Waals surface area contributed by atoms with E-state index in [4.69, 9.17) is 27.6 Å². The zero-order chi connectivity index (χ0) is 24.8. The summed E-state index contributed by atoms with van der Waals surface area (Å²) in [5.74, 6) is 0.692. The maximum absolute atomic E-state index is 13.4. The fraction of sp³-hybridized carbons (Fsp3) is 0.200. The molecule has 5 aromatic rings. The Morgan fingerprint density at radius 2 is 1.81 bits per heavy atom. The van der Waals surface area contributed by atoms with Crippen molar-refractivity contribution in [1.29, 1.82) is 0 Å². The molecule has 1 aliphatic rings. The van der Waals surface area contributed by atoms with Crippen LogP contribution >= 0.6 is 34.5 Å². The van der Waals surface area contributed by atoms with E-state index in [9.17, 15) is 9.50 Å². The molecule has 0 spiro atoms. The van der Waals surface area contributed by atoms with Crippen LogP contribution in [0.4, 0.5) is 10.1 Å². The molecule has 0 radical (unpaired) electrons. The van der Waals surface area contributed by atoms with Gasteiger partial charge in [-0.2, -0.15) is 9.50 Å². The highest BCUT2D eigenvalue weighted by Crippen LogP contribution is 2.43. The molecule has 184 valence electrons. The highest BCUT2D eigenvalue weighted by atomic mass is 35.5. The highest BCUT2D eigenvalue weighted by Gasteiger charge is 2.33. The van der Waals surface area contributed by atoms with Crippen LogP contribution in [0.25, 0.3) is 16.5 Å². The molecular weight excluding hydrogens is 524 g/mol. The Balaban J connectivity index is 1.35. The number of benzene rings is 2. The van der Waals surface area contributed by atoms with Crippen molar-refractivity contribution in [1.82, 2.24) is 19.5 Å². The first-order valence-corrected chi connectivity index (χ1v) is 12.9. The smallest absolute Gasteiger partial charge is 0.230 e. The number of hydrogen-bond acceptors (Lipinski definition) is 7. The van der Waals surface area contributed by atoms with E-state index in [-0.39, 0.29) is 17.7 Å². The van der Waals surface area contributed by atoms with Gasteiger partial charge in [0.05, 0.1) is 17.2 Å². The zero-order valence-electron chi connectivity index (χ0n) is 18.8. The van der Waals surface area contributed by atoms with Crippen LogP contribution in [0.1, 0.15) is 16.5 Å². The number of thiazole rings is 1. The van der Waals surface area contributed by atoms with Crippen molar-refractivity contribution in [2.24, 2.45) is 0 Å². The summed E-state index contributed by atoms with van der Waals surface area (Å²) >= 11 is 14.2. The van der Waals surface area contributed by atoms with Crippen LogP contribution in [-0.2, 0) is 0 Å². The first kappa shape index (κ1) is 23.3. The summed E-state index contributed by atoms with van der Waals surface area (Å²) in [6, 6.07) is 15.1.